The smallest absolute Gasteiger partial charge is 0.0688 e. The molecule has 1 aliphatic heterocycles. The van der Waals surface area contributed by atoms with Gasteiger partial charge in [0.05, 0.1) is 5.60 Å². The molecule has 0 bridgehead atoms. The number of rotatable bonds is 0. The first-order chi connectivity index (χ1) is 8.78. The Kier molecular flexibility index (Phi) is 3.10. The molecule has 0 radical (unpaired) electrons. The average Bonchev–Trinajstić information content (AvgIpc) is 2.30. The number of hydrogen-bond acceptors (Lipinski definition) is 1. The molecule has 0 unspecified atom stereocenters. The Balaban J connectivity index is 1.96. The van der Waals surface area contributed by atoms with Gasteiger partial charge in [0.15, 0.2) is 0 Å². The van der Waals surface area contributed by atoms with E-state index < -0.39 is 0 Å². The third-order valence-corrected chi connectivity index (χ3v) is 7.07. The van der Waals surface area contributed by atoms with E-state index in [-0.39, 0.29) is 5.60 Å². The molecule has 19 heavy (non-hydrogen) atoms. The molecule has 0 spiro atoms. The van der Waals surface area contributed by atoms with Crippen molar-refractivity contribution in [3.8, 4) is 0 Å². The first-order valence-electron chi connectivity index (χ1n) is 8.42. The van der Waals surface area contributed by atoms with Gasteiger partial charge in [0.2, 0.25) is 0 Å². The van der Waals surface area contributed by atoms with E-state index in [4.69, 9.17) is 4.74 Å². The summed E-state index contributed by atoms with van der Waals surface area (Å²) in [6.07, 6.45) is 8.32. The van der Waals surface area contributed by atoms with Crippen LogP contribution in [0.5, 0.6) is 0 Å². The molecule has 0 aromatic rings. The fraction of sp³-hybridized carbons (Fsp3) is 1.00. The van der Waals surface area contributed by atoms with E-state index in [1.165, 1.54) is 38.5 Å². The van der Waals surface area contributed by atoms with E-state index >= 15 is 0 Å². The van der Waals surface area contributed by atoms with Crippen LogP contribution in [0.2, 0.25) is 0 Å². The molecule has 1 nitrogen and oxygen atoms in total. The lowest BCUT2D eigenvalue weighted by atomic mass is 9.44. The van der Waals surface area contributed by atoms with Gasteiger partial charge in [-0.15, -0.1) is 0 Å². The highest BCUT2D eigenvalue weighted by Gasteiger charge is 2.59. The Bertz CT molecular complexity index is 361. The SMILES string of the molecule is C[C@@H]1CO[C@@]2(C)CC[C@H]3C(C)(C)CCC[C@]3(C)[C@H]2C1. The van der Waals surface area contributed by atoms with Gasteiger partial charge in [-0.25, -0.2) is 0 Å². The van der Waals surface area contributed by atoms with E-state index in [0.29, 0.717) is 10.8 Å². The van der Waals surface area contributed by atoms with E-state index in [2.05, 4.69) is 34.6 Å². The van der Waals surface area contributed by atoms with Crippen molar-refractivity contribution < 1.29 is 4.74 Å². The van der Waals surface area contributed by atoms with Crippen LogP contribution in [-0.2, 0) is 4.74 Å². The van der Waals surface area contributed by atoms with Crippen LogP contribution in [0.4, 0.5) is 0 Å². The molecule has 2 saturated carbocycles. The van der Waals surface area contributed by atoms with Crippen molar-refractivity contribution in [3.05, 3.63) is 0 Å². The van der Waals surface area contributed by atoms with Gasteiger partial charge < -0.3 is 4.74 Å². The number of ether oxygens (including phenoxy) is 1. The van der Waals surface area contributed by atoms with E-state index in [1.807, 2.05) is 0 Å². The minimum Gasteiger partial charge on any atom is -0.375 e. The average molecular weight is 264 g/mol. The summed E-state index contributed by atoms with van der Waals surface area (Å²) >= 11 is 0. The van der Waals surface area contributed by atoms with Crippen LogP contribution in [-0.4, -0.2) is 12.2 Å². The third kappa shape index (κ3) is 1.99. The van der Waals surface area contributed by atoms with Crippen LogP contribution in [0.15, 0.2) is 0 Å². The molecular formula is C18H32O. The summed E-state index contributed by atoms with van der Waals surface area (Å²) in [5, 5.41) is 0. The lowest BCUT2D eigenvalue weighted by Crippen LogP contribution is -2.60. The quantitative estimate of drug-likeness (QED) is 0.595. The van der Waals surface area contributed by atoms with E-state index in [9.17, 15) is 0 Å². The van der Waals surface area contributed by atoms with E-state index in [0.717, 1.165) is 24.4 Å². The molecule has 1 heterocycles. The maximum Gasteiger partial charge on any atom is 0.0688 e. The van der Waals surface area contributed by atoms with Crippen molar-refractivity contribution in [1.82, 2.24) is 0 Å². The summed E-state index contributed by atoms with van der Waals surface area (Å²) in [5.74, 6) is 2.43. The van der Waals surface area contributed by atoms with Gasteiger partial charge in [-0.2, -0.15) is 0 Å². The predicted molar refractivity (Wildman–Crippen MR) is 80.1 cm³/mol. The lowest BCUT2D eigenvalue weighted by Gasteiger charge is -2.64. The molecule has 1 saturated heterocycles. The van der Waals surface area contributed by atoms with Crippen LogP contribution in [0, 0.1) is 28.6 Å². The summed E-state index contributed by atoms with van der Waals surface area (Å²) in [7, 11) is 0. The first-order valence-corrected chi connectivity index (χ1v) is 8.42. The fourth-order valence-corrected chi connectivity index (χ4v) is 6.10. The van der Waals surface area contributed by atoms with Gasteiger partial charge in [-0.1, -0.05) is 34.1 Å². The molecular weight excluding hydrogens is 232 g/mol. The Morgan fingerprint density at radius 3 is 2.42 bits per heavy atom. The van der Waals surface area contributed by atoms with Crippen LogP contribution in [0.25, 0.3) is 0 Å². The Labute approximate surface area is 119 Å². The zero-order chi connectivity index (χ0) is 13.9. The maximum atomic E-state index is 6.36. The lowest BCUT2D eigenvalue weighted by molar-refractivity contribution is -0.223. The molecule has 0 aromatic heterocycles. The number of fused-ring (bicyclic) bond motifs is 3. The second-order valence-corrected chi connectivity index (χ2v) is 8.96. The molecule has 2 aliphatic carbocycles. The Morgan fingerprint density at radius 1 is 0.947 bits per heavy atom. The third-order valence-electron chi connectivity index (χ3n) is 7.07. The topological polar surface area (TPSA) is 9.23 Å². The van der Waals surface area contributed by atoms with Gasteiger partial charge in [0.25, 0.3) is 0 Å². The highest BCUT2D eigenvalue weighted by Crippen LogP contribution is 2.64. The molecule has 3 aliphatic rings. The Morgan fingerprint density at radius 2 is 1.68 bits per heavy atom. The van der Waals surface area contributed by atoms with Gasteiger partial charge >= 0.3 is 0 Å². The van der Waals surface area contributed by atoms with Crippen LogP contribution in [0.3, 0.4) is 0 Å². The summed E-state index contributed by atoms with van der Waals surface area (Å²) in [6, 6.07) is 0. The molecule has 3 rings (SSSR count). The van der Waals surface area contributed by atoms with Gasteiger partial charge in [-0.3, -0.25) is 0 Å². The normalized spacial score (nSPS) is 53.2. The Hall–Kier alpha value is -0.0400. The first kappa shape index (κ1) is 13.9. The summed E-state index contributed by atoms with van der Waals surface area (Å²) in [4.78, 5) is 0. The highest BCUT2D eigenvalue weighted by atomic mass is 16.5. The molecule has 5 atom stereocenters. The minimum atomic E-state index is 0.172. The summed E-state index contributed by atoms with van der Waals surface area (Å²) in [6.45, 7) is 13.4. The maximum absolute atomic E-state index is 6.36. The van der Waals surface area contributed by atoms with Crippen molar-refractivity contribution in [3.63, 3.8) is 0 Å². The standard InChI is InChI=1S/C18H32O/c1-13-11-15-17(4)9-6-8-16(2,3)14(17)7-10-18(15,5)19-12-13/h13-15H,6-12H2,1-5H3/t13-,14-,15+,17-,18-/m0/s1. The summed E-state index contributed by atoms with van der Waals surface area (Å²) < 4.78 is 6.36. The van der Waals surface area contributed by atoms with Crippen LogP contribution < -0.4 is 0 Å². The zero-order valence-electron chi connectivity index (χ0n) is 13.6. The van der Waals surface area contributed by atoms with Crippen molar-refractivity contribution in [1.29, 1.82) is 0 Å². The second kappa shape index (κ2) is 4.23. The van der Waals surface area contributed by atoms with Crippen molar-refractivity contribution in [2.75, 3.05) is 6.61 Å². The fourth-order valence-electron chi connectivity index (χ4n) is 6.10. The molecule has 0 amide bonds. The highest BCUT2D eigenvalue weighted by molar-refractivity contribution is 5.09. The predicted octanol–water partition coefficient (Wildman–Crippen LogP) is 5.04. The molecule has 0 aromatic carbocycles. The molecule has 1 heteroatoms. The number of hydrogen-bond donors (Lipinski definition) is 0. The van der Waals surface area contributed by atoms with Crippen molar-refractivity contribution in [2.24, 2.45) is 28.6 Å². The second-order valence-electron chi connectivity index (χ2n) is 8.96. The summed E-state index contributed by atoms with van der Waals surface area (Å²) in [5.41, 5.74) is 1.23. The monoisotopic (exact) mass is 264 g/mol. The molecule has 0 N–H and O–H groups in total. The minimum absolute atomic E-state index is 0.172. The largest absolute Gasteiger partial charge is 0.375 e. The van der Waals surface area contributed by atoms with Crippen LogP contribution >= 0.6 is 0 Å². The van der Waals surface area contributed by atoms with Gasteiger partial charge in [0, 0.05) is 6.61 Å². The van der Waals surface area contributed by atoms with Crippen molar-refractivity contribution in [2.45, 2.75) is 78.7 Å². The molecule has 110 valence electrons. The van der Waals surface area contributed by atoms with Crippen LogP contribution in [0.1, 0.15) is 73.1 Å². The zero-order valence-corrected chi connectivity index (χ0v) is 13.6. The van der Waals surface area contributed by atoms with Gasteiger partial charge in [0.1, 0.15) is 0 Å². The molecule has 3 fully saturated rings. The van der Waals surface area contributed by atoms with Crippen molar-refractivity contribution >= 4 is 0 Å². The van der Waals surface area contributed by atoms with Gasteiger partial charge in [-0.05, 0) is 67.6 Å². The van der Waals surface area contributed by atoms with E-state index in [1.54, 1.807) is 0 Å².